The van der Waals surface area contributed by atoms with E-state index in [1.54, 1.807) is 0 Å². The monoisotopic (exact) mass is 307 g/mol. The van der Waals surface area contributed by atoms with Gasteiger partial charge in [0.25, 0.3) is 5.91 Å². The molecule has 0 aliphatic carbocycles. The molecule has 2 amide bonds. The maximum Gasteiger partial charge on any atom is 0.251 e. The number of carbonyl (C=O) groups is 2. The molecule has 1 saturated heterocycles. The number of nitrogens with one attached hydrogen (secondary N) is 1. The van der Waals surface area contributed by atoms with Crippen molar-refractivity contribution in [2.24, 2.45) is 0 Å². The Morgan fingerprint density at radius 1 is 1.33 bits per heavy atom. The van der Waals surface area contributed by atoms with Gasteiger partial charge in [0.05, 0.1) is 16.5 Å². The van der Waals surface area contributed by atoms with E-state index in [1.165, 1.54) is 13.1 Å². The van der Waals surface area contributed by atoms with Crippen molar-refractivity contribution in [2.75, 3.05) is 12.4 Å². The molecule has 1 aromatic rings. The zero-order chi connectivity index (χ0) is 13.4. The number of pyridine rings is 1. The first-order valence-electron chi connectivity index (χ1n) is 4.98. The zero-order valence-electron chi connectivity index (χ0n) is 9.21. The smallest absolute Gasteiger partial charge is 0.251 e. The van der Waals surface area contributed by atoms with Crippen molar-refractivity contribution in [1.29, 1.82) is 0 Å². The van der Waals surface area contributed by atoms with E-state index in [2.05, 4.69) is 10.3 Å². The van der Waals surface area contributed by atoms with Crippen molar-refractivity contribution in [3.8, 4) is 0 Å². The van der Waals surface area contributed by atoms with E-state index in [4.69, 9.17) is 34.8 Å². The number of rotatable bonds is 2. The van der Waals surface area contributed by atoms with Gasteiger partial charge in [0.15, 0.2) is 0 Å². The van der Waals surface area contributed by atoms with Gasteiger partial charge in [0, 0.05) is 7.05 Å². The van der Waals surface area contributed by atoms with Crippen molar-refractivity contribution < 1.29 is 9.59 Å². The molecule has 1 aliphatic heterocycles. The van der Waals surface area contributed by atoms with Crippen molar-refractivity contribution >= 4 is 52.4 Å². The van der Waals surface area contributed by atoms with Crippen LogP contribution in [0.4, 0.5) is 5.82 Å². The zero-order valence-corrected chi connectivity index (χ0v) is 11.5. The third-order valence-electron chi connectivity index (χ3n) is 2.58. The molecule has 0 saturated carbocycles. The van der Waals surface area contributed by atoms with Gasteiger partial charge in [-0.05, 0) is 6.07 Å². The SMILES string of the molecule is CN1C(=O)CC(Nc2nc(Cl)c(Cl)cc2Cl)C1=O. The molecule has 2 rings (SSSR count). The van der Waals surface area contributed by atoms with Crippen LogP contribution in [-0.2, 0) is 9.59 Å². The topological polar surface area (TPSA) is 62.3 Å². The van der Waals surface area contributed by atoms with Crippen LogP contribution in [0.2, 0.25) is 15.2 Å². The van der Waals surface area contributed by atoms with Crippen molar-refractivity contribution in [3.05, 3.63) is 21.3 Å². The summed E-state index contributed by atoms with van der Waals surface area (Å²) in [6.07, 6.45) is 0.0631. The molecule has 1 atom stereocenters. The first kappa shape index (κ1) is 13.4. The third kappa shape index (κ3) is 2.39. The minimum Gasteiger partial charge on any atom is -0.357 e. The van der Waals surface area contributed by atoms with Crippen LogP contribution in [0.3, 0.4) is 0 Å². The van der Waals surface area contributed by atoms with Gasteiger partial charge in [-0.25, -0.2) is 4.98 Å². The number of halogens is 3. The average Bonchev–Trinajstić information content (AvgIpc) is 2.54. The summed E-state index contributed by atoms with van der Waals surface area (Å²) in [4.78, 5) is 28.0. The van der Waals surface area contributed by atoms with Crippen LogP contribution >= 0.6 is 34.8 Å². The summed E-state index contributed by atoms with van der Waals surface area (Å²) in [5.41, 5.74) is 0. The number of anilines is 1. The van der Waals surface area contributed by atoms with Gasteiger partial charge >= 0.3 is 0 Å². The molecule has 18 heavy (non-hydrogen) atoms. The Morgan fingerprint density at radius 3 is 2.56 bits per heavy atom. The van der Waals surface area contributed by atoms with E-state index in [0.717, 1.165) is 4.90 Å². The number of hydrogen-bond donors (Lipinski definition) is 1. The number of carbonyl (C=O) groups excluding carboxylic acids is 2. The fraction of sp³-hybridized carbons (Fsp3) is 0.300. The lowest BCUT2D eigenvalue weighted by molar-refractivity contribution is -0.136. The van der Waals surface area contributed by atoms with E-state index < -0.39 is 6.04 Å². The average molecular weight is 309 g/mol. The Labute approximate surface area is 118 Å². The summed E-state index contributed by atoms with van der Waals surface area (Å²) >= 11 is 17.4. The van der Waals surface area contributed by atoms with E-state index in [1.807, 2.05) is 0 Å². The predicted octanol–water partition coefficient (Wildman–Crippen LogP) is 2.21. The lowest BCUT2D eigenvalue weighted by atomic mass is 10.2. The number of imide groups is 1. The number of hydrogen-bond acceptors (Lipinski definition) is 4. The molecule has 1 aliphatic rings. The Morgan fingerprint density at radius 2 is 2.00 bits per heavy atom. The molecule has 1 fully saturated rings. The van der Waals surface area contributed by atoms with Crippen LogP contribution in [0.5, 0.6) is 0 Å². The highest BCUT2D eigenvalue weighted by molar-refractivity contribution is 6.43. The molecule has 0 aromatic carbocycles. The van der Waals surface area contributed by atoms with Crippen LogP contribution in [0.25, 0.3) is 0 Å². The Kier molecular flexibility index (Phi) is 3.66. The number of aromatic nitrogens is 1. The third-order valence-corrected chi connectivity index (χ3v) is 3.54. The summed E-state index contributed by atoms with van der Waals surface area (Å²) in [5.74, 6) is -0.356. The van der Waals surface area contributed by atoms with Gasteiger partial charge in [-0.1, -0.05) is 34.8 Å². The number of likely N-dealkylation sites (tertiary alicyclic amines) is 1. The highest BCUT2D eigenvalue weighted by Crippen LogP contribution is 2.30. The van der Waals surface area contributed by atoms with Crippen LogP contribution < -0.4 is 5.32 Å². The van der Waals surface area contributed by atoms with Crippen LogP contribution in [0.15, 0.2) is 6.07 Å². The lowest BCUT2D eigenvalue weighted by Gasteiger charge is -2.13. The molecule has 0 spiro atoms. The van der Waals surface area contributed by atoms with Gasteiger partial charge in [0.1, 0.15) is 17.0 Å². The Balaban J connectivity index is 2.23. The second-order valence-corrected chi connectivity index (χ2v) is 4.96. The van der Waals surface area contributed by atoms with Crippen molar-refractivity contribution in [2.45, 2.75) is 12.5 Å². The van der Waals surface area contributed by atoms with Gasteiger partial charge < -0.3 is 5.32 Å². The van der Waals surface area contributed by atoms with Crippen LogP contribution in [0.1, 0.15) is 6.42 Å². The first-order valence-corrected chi connectivity index (χ1v) is 6.12. The van der Waals surface area contributed by atoms with Gasteiger partial charge in [-0.15, -0.1) is 0 Å². The molecule has 1 unspecified atom stereocenters. The van der Waals surface area contributed by atoms with Gasteiger partial charge in [-0.3, -0.25) is 14.5 Å². The standard InChI is InChI=1S/C10H8Cl3N3O2/c1-16-7(17)3-6(10(16)18)14-9-5(12)2-4(11)8(13)15-9/h2,6H,3H2,1H3,(H,14,15). The summed E-state index contributed by atoms with van der Waals surface area (Å²) in [6.45, 7) is 0. The first-order chi connectivity index (χ1) is 8.40. The van der Waals surface area contributed by atoms with Gasteiger partial charge in [0.2, 0.25) is 5.91 Å². The molecular formula is C10H8Cl3N3O2. The summed E-state index contributed by atoms with van der Waals surface area (Å²) in [5, 5.41) is 3.32. The molecule has 0 radical (unpaired) electrons. The molecule has 2 heterocycles. The second kappa shape index (κ2) is 4.91. The van der Waals surface area contributed by atoms with Crippen molar-refractivity contribution in [3.63, 3.8) is 0 Å². The van der Waals surface area contributed by atoms with E-state index in [-0.39, 0.29) is 39.3 Å². The maximum absolute atomic E-state index is 11.7. The highest BCUT2D eigenvalue weighted by atomic mass is 35.5. The normalized spacial score (nSPS) is 19.6. The van der Waals surface area contributed by atoms with Crippen LogP contribution in [-0.4, -0.2) is 34.8 Å². The molecular weight excluding hydrogens is 300 g/mol. The molecule has 1 aromatic heterocycles. The Hall–Kier alpha value is -1.04. The van der Waals surface area contributed by atoms with Gasteiger partial charge in [-0.2, -0.15) is 0 Å². The number of nitrogens with zero attached hydrogens (tertiary/aromatic N) is 2. The fourth-order valence-electron chi connectivity index (χ4n) is 1.58. The quantitative estimate of drug-likeness (QED) is 0.672. The second-order valence-electron chi connectivity index (χ2n) is 3.78. The van der Waals surface area contributed by atoms with Crippen molar-refractivity contribution in [1.82, 2.24) is 9.88 Å². The summed E-state index contributed by atoms with van der Waals surface area (Å²) < 4.78 is 0. The summed E-state index contributed by atoms with van der Waals surface area (Å²) in [7, 11) is 1.43. The maximum atomic E-state index is 11.7. The minimum absolute atomic E-state index is 0.0631. The molecule has 8 heteroatoms. The van der Waals surface area contributed by atoms with E-state index >= 15 is 0 Å². The fourth-order valence-corrected chi connectivity index (χ4v) is 2.13. The lowest BCUT2D eigenvalue weighted by Crippen LogP contribution is -2.32. The molecule has 0 bridgehead atoms. The molecule has 96 valence electrons. The largest absolute Gasteiger partial charge is 0.357 e. The number of likely N-dealkylation sites (N-methyl/N-ethyl adjacent to an activating group) is 1. The summed E-state index contributed by atoms with van der Waals surface area (Å²) in [6, 6.07) is 0.746. The van der Waals surface area contributed by atoms with Crippen LogP contribution in [0, 0.1) is 0 Å². The Bertz CT molecular complexity index is 535. The van der Waals surface area contributed by atoms with E-state index in [9.17, 15) is 9.59 Å². The predicted molar refractivity (Wildman–Crippen MR) is 69.1 cm³/mol. The number of amides is 2. The molecule has 1 N–H and O–H groups in total. The van der Waals surface area contributed by atoms with E-state index in [0.29, 0.717) is 0 Å². The minimum atomic E-state index is -0.676. The molecule has 5 nitrogen and oxygen atoms in total. The highest BCUT2D eigenvalue weighted by Gasteiger charge is 2.36.